The lowest BCUT2D eigenvalue weighted by Gasteiger charge is -2.43. The molecule has 2 aromatic rings. The lowest BCUT2D eigenvalue weighted by atomic mass is 9.65. The van der Waals surface area contributed by atoms with Crippen LogP contribution in [0.25, 0.3) is 0 Å². The highest BCUT2D eigenvalue weighted by Gasteiger charge is 2.54. The molecule has 34 heavy (non-hydrogen) atoms. The average Bonchev–Trinajstić information content (AvgIpc) is 3.51. The summed E-state index contributed by atoms with van der Waals surface area (Å²) in [5, 5.41) is 35.6. The van der Waals surface area contributed by atoms with Gasteiger partial charge in [0.1, 0.15) is 0 Å². The molecule has 2 heterocycles. The van der Waals surface area contributed by atoms with Gasteiger partial charge >= 0.3 is 0 Å². The van der Waals surface area contributed by atoms with Gasteiger partial charge in [-0.3, -0.25) is 14.5 Å². The lowest BCUT2D eigenvalue weighted by molar-refractivity contribution is -0.146. The number of likely N-dealkylation sites (tertiary alicyclic amines) is 1. The van der Waals surface area contributed by atoms with Crippen LogP contribution in [0.15, 0.2) is 34.9 Å². The minimum absolute atomic E-state index is 0.00111. The molecule has 1 aromatic carbocycles. The largest absolute Gasteiger partial charge is 0.483 e. The standard InChI is InChI=1S/C24H31N3O4.CH2O2/c1-13-7-18(31-26-13)10-27-11-19-20(12-27)23(29)22(28)14(2)21(19)24(30)25-17-8-15-5-3-4-6-16(15)9-17;2-1-3/h3-7,14,17,19-23,28-29H,8-12H2,1-2H3,(H,25,30);1H,(H,2,3)/t14-,19+,20+,21+,22+,23+;/m1./s1. The Morgan fingerprint density at radius 1 is 1.18 bits per heavy atom. The van der Waals surface area contributed by atoms with Crippen molar-refractivity contribution < 1.29 is 29.4 Å². The Morgan fingerprint density at radius 2 is 1.79 bits per heavy atom. The number of aromatic nitrogens is 1. The molecule has 1 aromatic heterocycles. The van der Waals surface area contributed by atoms with Crippen LogP contribution in [0.5, 0.6) is 0 Å². The predicted molar refractivity (Wildman–Crippen MR) is 123 cm³/mol. The van der Waals surface area contributed by atoms with Crippen LogP contribution < -0.4 is 5.32 Å². The van der Waals surface area contributed by atoms with E-state index in [9.17, 15) is 15.0 Å². The predicted octanol–water partition coefficient (Wildman–Crippen LogP) is 1.00. The van der Waals surface area contributed by atoms with Gasteiger partial charge in [0.05, 0.1) is 24.4 Å². The molecule has 0 spiro atoms. The summed E-state index contributed by atoms with van der Waals surface area (Å²) in [5.41, 5.74) is 3.44. The number of aryl methyl sites for hydroxylation is 1. The maximum atomic E-state index is 13.4. The summed E-state index contributed by atoms with van der Waals surface area (Å²) < 4.78 is 5.36. The molecule has 0 radical (unpaired) electrons. The summed E-state index contributed by atoms with van der Waals surface area (Å²) in [5.74, 6) is 0.0292. The quantitative estimate of drug-likeness (QED) is 0.485. The normalized spacial score (nSPS) is 30.7. The first-order valence-corrected chi connectivity index (χ1v) is 11.8. The van der Waals surface area contributed by atoms with E-state index >= 15 is 0 Å². The van der Waals surface area contributed by atoms with Crippen molar-refractivity contribution in [1.29, 1.82) is 0 Å². The Kier molecular flexibility index (Phi) is 7.35. The Bertz CT molecular complexity index is 985. The Balaban J connectivity index is 0.000000868. The first kappa shape index (κ1) is 24.4. The number of carboxylic acid groups (broad SMARTS) is 1. The molecule has 5 rings (SSSR count). The van der Waals surface area contributed by atoms with Crippen molar-refractivity contribution in [2.45, 2.75) is 51.5 Å². The van der Waals surface area contributed by atoms with Crippen LogP contribution in [0, 0.1) is 30.6 Å². The first-order valence-electron chi connectivity index (χ1n) is 11.8. The zero-order valence-corrected chi connectivity index (χ0v) is 19.5. The summed E-state index contributed by atoms with van der Waals surface area (Å²) in [4.78, 5) is 24.0. The summed E-state index contributed by atoms with van der Waals surface area (Å²) in [6.45, 7) is 5.45. The van der Waals surface area contributed by atoms with Crippen molar-refractivity contribution in [1.82, 2.24) is 15.4 Å². The minimum Gasteiger partial charge on any atom is -0.483 e. The first-order chi connectivity index (χ1) is 16.3. The van der Waals surface area contributed by atoms with Crippen molar-refractivity contribution in [3.63, 3.8) is 0 Å². The summed E-state index contributed by atoms with van der Waals surface area (Å²) in [7, 11) is 0. The lowest BCUT2D eigenvalue weighted by Crippen LogP contribution is -2.56. The van der Waals surface area contributed by atoms with E-state index in [0.717, 1.165) is 24.3 Å². The van der Waals surface area contributed by atoms with E-state index in [-0.39, 0.29) is 42.1 Å². The second-order valence-corrected chi connectivity index (χ2v) is 9.81. The van der Waals surface area contributed by atoms with Crippen molar-refractivity contribution in [3.05, 3.63) is 52.9 Å². The molecule has 1 saturated carbocycles. The topological polar surface area (TPSA) is 136 Å². The van der Waals surface area contributed by atoms with Crippen molar-refractivity contribution in [2.24, 2.45) is 23.7 Å². The van der Waals surface area contributed by atoms with Gasteiger partial charge in [-0.25, -0.2) is 0 Å². The molecule has 1 aliphatic heterocycles. The van der Waals surface area contributed by atoms with E-state index in [4.69, 9.17) is 14.4 Å². The number of carbonyl (C=O) groups is 2. The second-order valence-electron chi connectivity index (χ2n) is 9.81. The van der Waals surface area contributed by atoms with Gasteiger partial charge in [0, 0.05) is 37.0 Å². The van der Waals surface area contributed by atoms with Crippen LogP contribution in [0.4, 0.5) is 0 Å². The molecular formula is C25H33N3O6. The molecular weight excluding hydrogens is 438 g/mol. The number of aliphatic hydroxyl groups excluding tert-OH is 2. The fourth-order valence-corrected chi connectivity index (χ4v) is 6.08. The van der Waals surface area contributed by atoms with E-state index in [1.54, 1.807) is 0 Å². The second kappa shape index (κ2) is 10.2. The minimum atomic E-state index is -0.898. The summed E-state index contributed by atoms with van der Waals surface area (Å²) >= 11 is 0. The summed E-state index contributed by atoms with van der Waals surface area (Å²) in [6.07, 6.45) is -0.0232. The van der Waals surface area contributed by atoms with Crippen LogP contribution in [-0.4, -0.2) is 69.1 Å². The molecule has 1 saturated heterocycles. The molecule has 184 valence electrons. The van der Waals surface area contributed by atoms with E-state index in [1.165, 1.54) is 11.1 Å². The fourth-order valence-electron chi connectivity index (χ4n) is 6.08. The van der Waals surface area contributed by atoms with Gasteiger partial charge in [-0.15, -0.1) is 0 Å². The van der Waals surface area contributed by atoms with Crippen LogP contribution >= 0.6 is 0 Å². The average molecular weight is 472 g/mol. The molecule has 0 unspecified atom stereocenters. The highest BCUT2D eigenvalue weighted by Crippen LogP contribution is 2.44. The third-order valence-corrected chi connectivity index (χ3v) is 7.60. The molecule has 9 nitrogen and oxygen atoms in total. The SMILES string of the molecule is Cc1cc(CN2C[C@@H]3[C@H](O)[C@@H](O)[C@H](C)[C@H](C(=O)NC4Cc5ccccc5C4)[C@H]3C2)on1.O=CO. The zero-order chi connectivity index (χ0) is 24.4. The molecule has 9 heteroatoms. The van der Waals surface area contributed by atoms with E-state index < -0.39 is 12.2 Å². The fraction of sp³-hybridized carbons (Fsp3) is 0.560. The molecule has 2 aliphatic carbocycles. The summed E-state index contributed by atoms with van der Waals surface area (Å²) in [6, 6.07) is 10.3. The number of nitrogens with zero attached hydrogens (tertiary/aromatic N) is 2. The van der Waals surface area contributed by atoms with Crippen molar-refractivity contribution in [2.75, 3.05) is 13.1 Å². The third kappa shape index (κ3) is 4.87. The Morgan fingerprint density at radius 3 is 2.38 bits per heavy atom. The van der Waals surface area contributed by atoms with Crippen LogP contribution in [0.3, 0.4) is 0 Å². The van der Waals surface area contributed by atoms with Gasteiger partial charge in [-0.2, -0.15) is 0 Å². The highest BCUT2D eigenvalue weighted by atomic mass is 16.5. The van der Waals surface area contributed by atoms with Gasteiger partial charge < -0.3 is 25.2 Å². The number of amides is 1. The van der Waals surface area contributed by atoms with E-state index in [2.05, 4.69) is 27.5 Å². The maximum Gasteiger partial charge on any atom is 0.290 e. The van der Waals surface area contributed by atoms with Gasteiger partial charge in [0.2, 0.25) is 5.91 Å². The van der Waals surface area contributed by atoms with Crippen molar-refractivity contribution in [3.8, 4) is 0 Å². The van der Waals surface area contributed by atoms with E-state index in [1.807, 2.05) is 32.0 Å². The zero-order valence-electron chi connectivity index (χ0n) is 19.5. The van der Waals surface area contributed by atoms with Crippen LogP contribution in [-0.2, 0) is 29.0 Å². The smallest absolute Gasteiger partial charge is 0.290 e. The Hall–Kier alpha value is -2.75. The molecule has 0 bridgehead atoms. The number of benzene rings is 1. The molecule has 6 atom stereocenters. The maximum absolute atomic E-state index is 13.4. The Labute approximate surface area is 198 Å². The molecule has 1 amide bonds. The van der Waals surface area contributed by atoms with Crippen molar-refractivity contribution >= 4 is 12.4 Å². The number of fused-ring (bicyclic) bond motifs is 2. The van der Waals surface area contributed by atoms with Crippen LogP contribution in [0.2, 0.25) is 0 Å². The number of aliphatic hydroxyl groups is 2. The third-order valence-electron chi connectivity index (χ3n) is 7.60. The van der Waals surface area contributed by atoms with Crippen LogP contribution in [0.1, 0.15) is 29.5 Å². The molecule has 3 aliphatic rings. The highest BCUT2D eigenvalue weighted by molar-refractivity contribution is 5.80. The monoisotopic (exact) mass is 471 g/mol. The number of hydrogen-bond donors (Lipinski definition) is 4. The van der Waals surface area contributed by atoms with Gasteiger partial charge in [0.15, 0.2) is 5.76 Å². The van der Waals surface area contributed by atoms with Gasteiger partial charge in [-0.05, 0) is 42.7 Å². The molecule has 4 N–H and O–H groups in total. The van der Waals surface area contributed by atoms with E-state index in [0.29, 0.717) is 19.6 Å². The number of carbonyl (C=O) groups excluding carboxylic acids is 1. The van der Waals surface area contributed by atoms with Gasteiger partial charge in [0.25, 0.3) is 6.47 Å². The number of rotatable bonds is 4. The number of nitrogens with one attached hydrogen (secondary N) is 1. The van der Waals surface area contributed by atoms with Gasteiger partial charge in [-0.1, -0.05) is 36.3 Å². The molecule has 2 fully saturated rings. The number of hydrogen-bond acceptors (Lipinski definition) is 7.